The molecule has 1 amide bonds. The summed E-state index contributed by atoms with van der Waals surface area (Å²) >= 11 is 0. The molecular formula is C16H18N4O. The zero-order chi connectivity index (χ0) is 14.8. The van der Waals surface area contributed by atoms with Crippen molar-refractivity contribution >= 4 is 23.2 Å². The number of hydrogen-bond donors (Lipinski definition) is 2. The number of amides is 1. The molecule has 1 saturated carbocycles. The van der Waals surface area contributed by atoms with Crippen LogP contribution in [-0.4, -0.2) is 16.1 Å². The molecule has 21 heavy (non-hydrogen) atoms. The summed E-state index contributed by atoms with van der Waals surface area (Å²) in [6.07, 6.45) is 1.96. The van der Waals surface area contributed by atoms with Crippen molar-refractivity contribution in [3.63, 3.8) is 0 Å². The van der Waals surface area contributed by atoms with Crippen molar-refractivity contribution in [2.24, 2.45) is 5.92 Å². The van der Waals surface area contributed by atoms with Gasteiger partial charge in [-0.15, -0.1) is 10.2 Å². The number of nitrogens with one attached hydrogen (secondary N) is 2. The number of hydrogen-bond acceptors (Lipinski definition) is 4. The molecule has 1 aromatic carbocycles. The van der Waals surface area contributed by atoms with E-state index in [1.807, 2.05) is 18.2 Å². The van der Waals surface area contributed by atoms with E-state index in [0.717, 1.165) is 18.5 Å². The lowest BCUT2D eigenvalue weighted by molar-refractivity contribution is -0.117. The van der Waals surface area contributed by atoms with E-state index in [-0.39, 0.29) is 11.8 Å². The van der Waals surface area contributed by atoms with Crippen LogP contribution in [0.2, 0.25) is 0 Å². The molecular weight excluding hydrogens is 264 g/mol. The standard InChI is InChI=1S/C16H18N4O/c1-10-4-3-5-13(11(10)2)17-14-8-9-15(20-19-14)18-16(21)12-6-7-12/h3-5,8-9,12H,6-7H2,1-2H3,(H,17,19)(H,18,20,21). The Bertz CT molecular complexity index is 662. The Morgan fingerprint density at radius 3 is 2.48 bits per heavy atom. The number of anilines is 3. The predicted octanol–water partition coefficient (Wildman–Crippen LogP) is 3.19. The average molecular weight is 282 g/mol. The summed E-state index contributed by atoms with van der Waals surface area (Å²) in [7, 11) is 0. The Morgan fingerprint density at radius 1 is 1.10 bits per heavy atom. The number of rotatable bonds is 4. The first-order valence-electron chi connectivity index (χ1n) is 7.11. The van der Waals surface area contributed by atoms with Gasteiger partial charge in [0.1, 0.15) is 0 Å². The van der Waals surface area contributed by atoms with Crippen LogP contribution >= 0.6 is 0 Å². The van der Waals surface area contributed by atoms with Gasteiger partial charge in [-0.05, 0) is 56.0 Å². The van der Waals surface area contributed by atoms with E-state index in [2.05, 4.69) is 40.7 Å². The maximum Gasteiger partial charge on any atom is 0.228 e. The third-order valence-electron chi connectivity index (χ3n) is 3.73. The van der Waals surface area contributed by atoms with Crippen LogP contribution in [0.4, 0.5) is 17.3 Å². The van der Waals surface area contributed by atoms with Gasteiger partial charge >= 0.3 is 0 Å². The van der Waals surface area contributed by atoms with E-state index in [9.17, 15) is 4.79 Å². The maximum absolute atomic E-state index is 11.6. The molecule has 0 atom stereocenters. The number of carbonyl (C=O) groups excluding carboxylic acids is 1. The highest BCUT2D eigenvalue weighted by Gasteiger charge is 2.29. The summed E-state index contributed by atoms with van der Waals surface area (Å²) in [5.74, 6) is 1.37. The van der Waals surface area contributed by atoms with Gasteiger partial charge in [-0.3, -0.25) is 4.79 Å². The number of carbonyl (C=O) groups is 1. The second-order valence-electron chi connectivity index (χ2n) is 5.44. The van der Waals surface area contributed by atoms with Gasteiger partial charge in [0.2, 0.25) is 5.91 Å². The molecule has 5 heteroatoms. The SMILES string of the molecule is Cc1cccc(Nc2ccc(NC(=O)C3CC3)nn2)c1C. The zero-order valence-corrected chi connectivity index (χ0v) is 12.2. The Kier molecular flexibility index (Phi) is 3.56. The minimum absolute atomic E-state index is 0.0412. The summed E-state index contributed by atoms with van der Waals surface area (Å²) < 4.78 is 0. The number of nitrogens with zero attached hydrogens (tertiary/aromatic N) is 2. The van der Waals surface area contributed by atoms with Gasteiger partial charge in [0.25, 0.3) is 0 Å². The van der Waals surface area contributed by atoms with Crippen LogP contribution < -0.4 is 10.6 Å². The molecule has 1 fully saturated rings. The lowest BCUT2D eigenvalue weighted by Gasteiger charge is -2.10. The first-order valence-corrected chi connectivity index (χ1v) is 7.11. The summed E-state index contributed by atoms with van der Waals surface area (Å²) in [5.41, 5.74) is 3.42. The highest BCUT2D eigenvalue weighted by molar-refractivity contribution is 5.93. The molecule has 0 aliphatic heterocycles. The molecule has 1 heterocycles. The molecule has 1 aliphatic rings. The second-order valence-corrected chi connectivity index (χ2v) is 5.44. The molecule has 0 unspecified atom stereocenters. The van der Waals surface area contributed by atoms with Crippen LogP contribution in [0.25, 0.3) is 0 Å². The Morgan fingerprint density at radius 2 is 1.81 bits per heavy atom. The van der Waals surface area contributed by atoms with Crippen molar-refractivity contribution in [1.82, 2.24) is 10.2 Å². The van der Waals surface area contributed by atoms with E-state index >= 15 is 0 Å². The largest absolute Gasteiger partial charge is 0.339 e. The van der Waals surface area contributed by atoms with Crippen LogP contribution in [0.15, 0.2) is 30.3 Å². The van der Waals surface area contributed by atoms with E-state index in [4.69, 9.17) is 0 Å². The van der Waals surface area contributed by atoms with Crippen LogP contribution in [0.1, 0.15) is 24.0 Å². The van der Waals surface area contributed by atoms with Gasteiger partial charge in [-0.2, -0.15) is 0 Å². The second kappa shape index (κ2) is 5.52. The molecule has 2 N–H and O–H groups in total. The van der Waals surface area contributed by atoms with Gasteiger partial charge in [-0.25, -0.2) is 0 Å². The minimum Gasteiger partial charge on any atom is -0.339 e. The van der Waals surface area contributed by atoms with Gasteiger partial charge < -0.3 is 10.6 Å². The third-order valence-corrected chi connectivity index (χ3v) is 3.73. The van der Waals surface area contributed by atoms with Gasteiger partial charge in [0.15, 0.2) is 11.6 Å². The Hall–Kier alpha value is -2.43. The molecule has 0 saturated heterocycles. The molecule has 3 rings (SSSR count). The number of aromatic nitrogens is 2. The number of benzene rings is 1. The fourth-order valence-electron chi connectivity index (χ4n) is 2.06. The summed E-state index contributed by atoms with van der Waals surface area (Å²) in [6.45, 7) is 4.14. The van der Waals surface area contributed by atoms with Crippen molar-refractivity contribution < 1.29 is 4.79 Å². The lowest BCUT2D eigenvalue weighted by atomic mass is 10.1. The quantitative estimate of drug-likeness (QED) is 0.903. The van der Waals surface area contributed by atoms with Gasteiger partial charge in [0, 0.05) is 11.6 Å². The van der Waals surface area contributed by atoms with Crippen LogP contribution in [0.3, 0.4) is 0 Å². The van der Waals surface area contributed by atoms with Gasteiger partial charge in [-0.1, -0.05) is 12.1 Å². The van der Waals surface area contributed by atoms with Crippen molar-refractivity contribution in [1.29, 1.82) is 0 Å². The zero-order valence-electron chi connectivity index (χ0n) is 12.2. The normalized spacial score (nSPS) is 13.8. The van der Waals surface area contributed by atoms with Crippen LogP contribution in [-0.2, 0) is 4.79 Å². The predicted molar refractivity (Wildman–Crippen MR) is 82.6 cm³/mol. The van der Waals surface area contributed by atoms with Crippen molar-refractivity contribution in [2.75, 3.05) is 10.6 Å². The van der Waals surface area contributed by atoms with Gasteiger partial charge in [0.05, 0.1) is 0 Å². The Balaban J connectivity index is 1.69. The highest BCUT2D eigenvalue weighted by Crippen LogP contribution is 2.30. The molecule has 0 radical (unpaired) electrons. The minimum atomic E-state index is 0.0412. The van der Waals surface area contributed by atoms with Crippen molar-refractivity contribution in [3.05, 3.63) is 41.5 Å². The topological polar surface area (TPSA) is 66.9 Å². The molecule has 5 nitrogen and oxygen atoms in total. The molecule has 0 spiro atoms. The highest BCUT2D eigenvalue weighted by atomic mass is 16.2. The smallest absolute Gasteiger partial charge is 0.228 e. The number of aryl methyl sites for hydroxylation is 1. The summed E-state index contributed by atoms with van der Waals surface area (Å²) in [4.78, 5) is 11.6. The maximum atomic E-state index is 11.6. The third kappa shape index (κ3) is 3.18. The lowest BCUT2D eigenvalue weighted by Crippen LogP contribution is -2.14. The van der Waals surface area contributed by atoms with E-state index in [1.165, 1.54) is 11.1 Å². The molecule has 1 aromatic heterocycles. The van der Waals surface area contributed by atoms with Crippen LogP contribution in [0.5, 0.6) is 0 Å². The fourth-order valence-corrected chi connectivity index (χ4v) is 2.06. The van der Waals surface area contributed by atoms with Crippen molar-refractivity contribution in [3.8, 4) is 0 Å². The molecule has 1 aliphatic carbocycles. The van der Waals surface area contributed by atoms with E-state index in [1.54, 1.807) is 6.07 Å². The first-order chi connectivity index (χ1) is 10.1. The van der Waals surface area contributed by atoms with E-state index < -0.39 is 0 Å². The summed E-state index contributed by atoms with van der Waals surface area (Å²) in [5, 5.41) is 14.2. The molecule has 2 aromatic rings. The molecule has 108 valence electrons. The Labute approximate surface area is 123 Å². The van der Waals surface area contributed by atoms with E-state index in [0.29, 0.717) is 11.6 Å². The molecule has 0 bridgehead atoms. The fraction of sp³-hybridized carbons (Fsp3) is 0.312. The van der Waals surface area contributed by atoms with Crippen molar-refractivity contribution in [2.45, 2.75) is 26.7 Å². The summed E-state index contributed by atoms with van der Waals surface area (Å²) in [6, 6.07) is 9.66. The van der Waals surface area contributed by atoms with Crippen LogP contribution in [0, 0.1) is 19.8 Å². The average Bonchev–Trinajstić information content (AvgIpc) is 3.30. The monoisotopic (exact) mass is 282 g/mol. The first kappa shape index (κ1) is 13.5.